The van der Waals surface area contributed by atoms with Crippen molar-refractivity contribution in [3.8, 4) is 11.3 Å². The van der Waals surface area contributed by atoms with Gasteiger partial charge in [0.2, 0.25) is 0 Å². The molecule has 1 aromatic heterocycles. The fraction of sp³-hybridized carbons (Fsp3) is 0.375. The Kier molecular flexibility index (Phi) is 4.03. The minimum absolute atomic E-state index is 0.0540. The quantitative estimate of drug-likeness (QED) is 0.856. The number of carbonyl (C=O) groups is 1. The van der Waals surface area contributed by atoms with E-state index in [-0.39, 0.29) is 18.1 Å². The van der Waals surface area contributed by atoms with Gasteiger partial charge in [-0.05, 0) is 13.8 Å². The minimum atomic E-state index is 0.0540. The third kappa shape index (κ3) is 2.99. The maximum absolute atomic E-state index is 12.8. The van der Waals surface area contributed by atoms with Gasteiger partial charge in [0.1, 0.15) is 4.88 Å². The molecule has 1 fully saturated rings. The average Bonchev–Trinajstić information content (AvgIpc) is 2.95. The van der Waals surface area contributed by atoms with Gasteiger partial charge in [-0.15, -0.1) is 11.3 Å². The van der Waals surface area contributed by atoms with Crippen molar-refractivity contribution in [2.75, 3.05) is 13.1 Å². The van der Waals surface area contributed by atoms with E-state index in [0.717, 1.165) is 11.3 Å². The molecule has 1 aliphatic rings. The predicted octanol–water partition coefficient (Wildman–Crippen LogP) is 3.06. The van der Waals surface area contributed by atoms with Crippen LogP contribution in [0.5, 0.6) is 0 Å². The van der Waals surface area contributed by atoms with Crippen molar-refractivity contribution >= 4 is 17.2 Å². The molecule has 0 spiro atoms. The second-order valence-electron chi connectivity index (χ2n) is 5.36. The van der Waals surface area contributed by atoms with Crippen LogP contribution in [0.3, 0.4) is 0 Å². The molecule has 2 atom stereocenters. The van der Waals surface area contributed by atoms with Crippen LogP contribution in [0.1, 0.15) is 23.5 Å². The number of morpholine rings is 1. The van der Waals surface area contributed by atoms with E-state index in [1.807, 2.05) is 49.1 Å². The van der Waals surface area contributed by atoms with Crippen molar-refractivity contribution < 1.29 is 9.53 Å². The number of rotatable bonds is 2. The van der Waals surface area contributed by atoms with Crippen LogP contribution in [0.2, 0.25) is 0 Å². The molecule has 4 nitrogen and oxygen atoms in total. The van der Waals surface area contributed by atoms with Crippen LogP contribution in [-0.2, 0) is 4.74 Å². The molecule has 0 saturated carbocycles. The fourth-order valence-electron chi connectivity index (χ4n) is 2.69. The molecule has 5 heteroatoms. The molecule has 1 amide bonds. The Hall–Kier alpha value is -1.72. The van der Waals surface area contributed by atoms with Crippen LogP contribution >= 0.6 is 11.3 Å². The standard InChI is InChI=1S/C16H18N2O2S/c1-11-8-18(9-12(2)20-11)16(19)15-14(17-10-21-15)13-6-4-3-5-7-13/h3-7,10-12H,8-9H2,1-2H3. The molecular formula is C16H18N2O2S. The van der Waals surface area contributed by atoms with Crippen molar-refractivity contribution in [1.29, 1.82) is 0 Å². The molecule has 1 aromatic carbocycles. The van der Waals surface area contributed by atoms with Gasteiger partial charge in [0, 0.05) is 18.7 Å². The first-order chi connectivity index (χ1) is 10.1. The third-order valence-corrected chi connectivity index (χ3v) is 4.33. The summed E-state index contributed by atoms with van der Waals surface area (Å²) in [6.45, 7) is 5.27. The summed E-state index contributed by atoms with van der Waals surface area (Å²) in [6, 6.07) is 9.85. The lowest BCUT2D eigenvalue weighted by Gasteiger charge is -2.35. The van der Waals surface area contributed by atoms with Gasteiger partial charge in [-0.2, -0.15) is 0 Å². The molecule has 21 heavy (non-hydrogen) atoms. The predicted molar refractivity (Wildman–Crippen MR) is 83.5 cm³/mol. The Morgan fingerprint density at radius 3 is 2.57 bits per heavy atom. The monoisotopic (exact) mass is 302 g/mol. The lowest BCUT2D eigenvalue weighted by atomic mass is 10.1. The van der Waals surface area contributed by atoms with Crippen molar-refractivity contribution in [3.05, 3.63) is 40.7 Å². The summed E-state index contributed by atoms with van der Waals surface area (Å²) in [6.07, 6.45) is 0.150. The van der Waals surface area contributed by atoms with Gasteiger partial charge in [-0.25, -0.2) is 4.98 Å². The summed E-state index contributed by atoms with van der Waals surface area (Å²) in [5.74, 6) is 0.0540. The van der Waals surface area contributed by atoms with Crippen LogP contribution in [-0.4, -0.2) is 41.1 Å². The van der Waals surface area contributed by atoms with E-state index >= 15 is 0 Å². The van der Waals surface area contributed by atoms with E-state index in [0.29, 0.717) is 18.0 Å². The van der Waals surface area contributed by atoms with E-state index in [4.69, 9.17) is 4.74 Å². The van der Waals surface area contributed by atoms with Gasteiger partial charge in [-0.1, -0.05) is 30.3 Å². The molecule has 1 aliphatic heterocycles. The summed E-state index contributed by atoms with van der Waals surface area (Å²) in [4.78, 5) is 19.8. The number of thiazole rings is 1. The molecule has 0 aliphatic carbocycles. The van der Waals surface area contributed by atoms with Crippen LogP contribution in [0.15, 0.2) is 35.8 Å². The van der Waals surface area contributed by atoms with Gasteiger partial charge in [0.05, 0.1) is 23.4 Å². The number of ether oxygens (including phenoxy) is 1. The zero-order valence-corrected chi connectivity index (χ0v) is 13.0. The molecule has 0 N–H and O–H groups in total. The number of aromatic nitrogens is 1. The highest BCUT2D eigenvalue weighted by Crippen LogP contribution is 2.27. The summed E-state index contributed by atoms with van der Waals surface area (Å²) < 4.78 is 5.69. The van der Waals surface area contributed by atoms with Crippen LogP contribution < -0.4 is 0 Å². The first-order valence-corrected chi connectivity index (χ1v) is 7.96. The molecule has 1 saturated heterocycles. The van der Waals surface area contributed by atoms with E-state index in [2.05, 4.69) is 4.98 Å². The lowest BCUT2D eigenvalue weighted by Crippen LogP contribution is -2.48. The van der Waals surface area contributed by atoms with E-state index in [1.165, 1.54) is 11.3 Å². The van der Waals surface area contributed by atoms with E-state index in [1.54, 1.807) is 5.51 Å². The molecule has 3 rings (SSSR count). The summed E-state index contributed by atoms with van der Waals surface area (Å²) in [5.41, 5.74) is 3.50. The number of benzene rings is 1. The average molecular weight is 302 g/mol. The highest BCUT2D eigenvalue weighted by Gasteiger charge is 2.29. The van der Waals surface area contributed by atoms with Crippen molar-refractivity contribution in [1.82, 2.24) is 9.88 Å². The minimum Gasteiger partial charge on any atom is -0.372 e. The van der Waals surface area contributed by atoms with Gasteiger partial charge in [0.15, 0.2) is 0 Å². The first kappa shape index (κ1) is 14.2. The normalized spacial score (nSPS) is 22.3. The number of nitrogens with zero attached hydrogens (tertiary/aromatic N) is 2. The zero-order chi connectivity index (χ0) is 14.8. The van der Waals surface area contributed by atoms with Gasteiger partial charge < -0.3 is 9.64 Å². The van der Waals surface area contributed by atoms with E-state index < -0.39 is 0 Å². The maximum atomic E-state index is 12.8. The van der Waals surface area contributed by atoms with Crippen molar-refractivity contribution in [3.63, 3.8) is 0 Å². The van der Waals surface area contributed by atoms with Crippen molar-refractivity contribution in [2.45, 2.75) is 26.1 Å². The van der Waals surface area contributed by atoms with Gasteiger partial charge in [0.25, 0.3) is 5.91 Å². The van der Waals surface area contributed by atoms with Crippen LogP contribution in [0, 0.1) is 0 Å². The number of hydrogen-bond donors (Lipinski definition) is 0. The molecular weight excluding hydrogens is 284 g/mol. The second kappa shape index (κ2) is 5.95. The molecule has 2 aromatic rings. The second-order valence-corrected chi connectivity index (χ2v) is 6.22. The molecule has 2 heterocycles. The first-order valence-electron chi connectivity index (χ1n) is 7.09. The van der Waals surface area contributed by atoms with Crippen molar-refractivity contribution in [2.24, 2.45) is 0 Å². The zero-order valence-electron chi connectivity index (χ0n) is 12.2. The molecule has 0 radical (unpaired) electrons. The summed E-state index contributed by atoms with van der Waals surface area (Å²) >= 11 is 1.41. The number of carbonyl (C=O) groups excluding carboxylic acids is 1. The summed E-state index contributed by atoms with van der Waals surface area (Å²) in [5, 5.41) is 0. The Labute approximate surface area is 128 Å². The lowest BCUT2D eigenvalue weighted by molar-refractivity contribution is -0.0584. The molecule has 2 unspecified atom stereocenters. The third-order valence-electron chi connectivity index (χ3n) is 3.52. The van der Waals surface area contributed by atoms with Gasteiger partial charge in [-0.3, -0.25) is 4.79 Å². The SMILES string of the molecule is CC1CN(C(=O)c2scnc2-c2ccccc2)CC(C)O1. The largest absolute Gasteiger partial charge is 0.372 e. The Morgan fingerprint density at radius 1 is 1.24 bits per heavy atom. The maximum Gasteiger partial charge on any atom is 0.266 e. The molecule has 110 valence electrons. The smallest absolute Gasteiger partial charge is 0.266 e. The highest BCUT2D eigenvalue weighted by atomic mass is 32.1. The molecule has 0 bridgehead atoms. The highest BCUT2D eigenvalue weighted by molar-refractivity contribution is 7.12. The van der Waals surface area contributed by atoms with Crippen LogP contribution in [0.4, 0.5) is 0 Å². The summed E-state index contributed by atoms with van der Waals surface area (Å²) in [7, 11) is 0. The Bertz CT molecular complexity index is 616. The Balaban J connectivity index is 1.88. The fourth-order valence-corrected chi connectivity index (χ4v) is 3.46. The Morgan fingerprint density at radius 2 is 1.90 bits per heavy atom. The van der Waals surface area contributed by atoms with E-state index in [9.17, 15) is 4.79 Å². The topological polar surface area (TPSA) is 42.4 Å². The van der Waals surface area contributed by atoms with Crippen LogP contribution in [0.25, 0.3) is 11.3 Å². The number of amides is 1. The number of hydrogen-bond acceptors (Lipinski definition) is 4. The van der Waals surface area contributed by atoms with Gasteiger partial charge >= 0.3 is 0 Å².